The maximum absolute atomic E-state index is 13.3. The Morgan fingerprint density at radius 2 is 1.75 bits per heavy atom. The highest BCUT2D eigenvalue weighted by atomic mass is 19.1. The maximum Gasteiger partial charge on any atom is 0.404 e. The first-order chi connectivity index (χ1) is 17.4. The molecule has 1 fully saturated rings. The molecule has 36 heavy (non-hydrogen) atoms. The number of benzene rings is 3. The summed E-state index contributed by atoms with van der Waals surface area (Å²) in [5.74, 6) is -0.503. The predicted octanol–water partition coefficient (Wildman–Crippen LogP) is 4.61. The number of fused-ring (bicyclic) bond motifs is 1. The number of likely N-dealkylation sites (tertiary alicyclic amines) is 1. The topological polar surface area (TPSA) is 97.5 Å². The van der Waals surface area contributed by atoms with Gasteiger partial charge in [-0.15, -0.1) is 0 Å². The normalized spacial score (nSPS) is 17.8. The van der Waals surface area contributed by atoms with E-state index in [4.69, 9.17) is 5.11 Å². The van der Waals surface area contributed by atoms with Crippen LogP contribution in [0.15, 0.2) is 78.9 Å². The van der Waals surface area contributed by atoms with E-state index in [0.29, 0.717) is 31.7 Å². The number of nitrogens with one attached hydrogen (secondary N) is 3. The molecule has 1 aliphatic rings. The third-order valence-electron chi connectivity index (χ3n) is 6.63. The number of carbonyl (C=O) groups is 2. The smallest absolute Gasteiger partial charge is 0.404 e. The van der Waals surface area contributed by atoms with Crippen LogP contribution < -0.4 is 10.6 Å². The second kappa shape index (κ2) is 10.2. The van der Waals surface area contributed by atoms with E-state index in [2.05, 4.69) is 20.5 Å². The highest BCUT2D eigenvalue weighted by molar-refractivity contribution is 5.98. The van der Waals surface area contributed by atoms with Crippen LogP contribution in [0.3, 0.4) is 0 Å². The van der Waals surface area contributed by atoms with Crippen LogP contribution in [0, 0.1) is 5.82 Å². The van der Waals surface area contributed by atoms with E-state index in [9.17, 15) is 14.0 Å². The van der Waals surface area contributed by atoms with Gasteiger partial charge in [0.2, 0.25) is 0 Å². The molecule has 184 valence electrons. The maximum atomic E-state index is 13.3. The van der Waals surface area contributed by atoms with Crippen molar-refractivity contribution >= 4 is 22.9 Å². The molecular weight excluding hydrogens is 459 g/mol. The minimum Gasteiger partial charge on any atom is -0.465 e. The van der Waals surface area contributed by atoms with Gasteiger partial charge in [0.1, 0.15) is 11.5 Å². The SMILES string of the molecule is O=C(O)N[C@H]1C[C@@H](CNC(=O)c2cc3ccc(-c4ccc(F)cc4)cc3[nH]2)N(Cc2ccccc2)C1. The Bertz CT molecular complexity index is 1370. The van der Waals surface area contributed by atoms with Crippen molar-refractivity contribution in [3.63, 3.8) is 0 Å². The third-order valence-corrected chi connectivity index (χ3v) is 6.63. The van der Waals surface area contributed by atoms with Crippen molar-refractivity contribution in [1.82, 2.24) is 20.5 Å². The number of carbonyl (C=O) groups excluding carboxylic acids is 1. The second-order valence-corrected chi connectivity index (χ2v) is 9.15. The molecule has 1 aromatic heterocycles. The highest BCUT2D eigenvalue weighted by Gasteiger charge is 2.33. The van der Waals surface area contributed by atoms with Crippen molar-refractivity contribution in [2.75, 3.05) is 13.1 Å². The molecule has 2 atom stereocenters. The number of H-pyrrole nitrogens is 1. The van der Waals surface area contributed by atoms with Gasteiger partial charge in [0, 0.05) is 42.6 Å². The summed E-state index contributed by atoms with van der Waals surface area (Å²) in [5, 5.41) is 15.7. The van der Waals surface area contributed by atoms with E-state index in [1.54, 1.807) is 12.1 Å². The number of halogens is 1. The van der Waals surface area contributed by atoms with Crippen molar-refractivity contribution in [1.29, 1.82) is 0 Å². The standard InChI is InChI=1S/C28H27FN4O3/c29-22-10-8-19(9-11-22)20-6-7-21-13-26(32-25(21)12-20)27(34)30-15-24-14-23(31-28(35)36)17-33(24)16-18-4-2-1-3-5-18/h1-13,23-24,31-32H,14-17H2,(H,30,34)(H,35,36)/t23-,24-/m0/s1. The van der Waals surface area contributed by atoms with Crippen LogP contribution in [0.4, 0.5) is 9.18 Å². The molecule has 4 N–H and O–H groups in total. The summed E-state index contributed by atoms with van der Waals surface area (Å²) < 4.78 is 13.3. The fourth-order valence-corrected chi connectivity index (χ4v) is 4.86. The summed E-state index contributed by atoms with van der Waals surface area (Å²) in [6.45, 7) is 1.66. The fraction of sp³-hybridized carbons (Fsp3) is 0.214. The molecular formula is C28H27FN4O3. The van der Waals surface area contributed by atoms with Gasteiger partial charge in [-0.25, -0.2) is 9.18 Å². The quantitative estimate of drug-likeness (QED) is 0.307. The number of nitrogens with zero attached hydrogens (tertiary/aromatic N) is 1. The molecule has 0 aliphatic carbocycles. The molecule has 4 aromatic rings. The van der Waals surface area contributed by atoms with Gasteiger partial charge < -0.3 is 20.7 Å². The largest absolute Gasteiger partial charge is 0.465 e. The monoisotopic (exact) mass is 486 g/mol. The lowest BCUT2D eigenvalue weighted by Gasteiger charge is -2.24. The third kappa shape index (κ3) is 5.39. The van der Waals surface area contributed by atoms with Crippen molar-refractivity contribution < 1.29 is 19.1 Å². The zero-order valence-corrected chi connectivity index (χ0v) is 19.6. The van der Waals surface area contributed by atoms with Gasteiger partial charge in [-0.3, -0.25) is 9.69 Å². The van der Waals surface area contributed by atoms with E-state index < -0.39 is 6.09 Å². The van der Waals surface area contributed by atoms with Crippen LogP contribution in [0.2, 0.25) is 0 Å². The molecule has 1 aliphatic heterocycles. The predicted molar refractivity (Wildman–Crippen MR) is 136 cm³/mol. The number of amides is 2. The lowest BCUT2D eigenvalue weighted by atomic mass is 10.0. The molecule has 0 spiro atoms. The fourth-order valence-electron chi connectivity index (χ4n) is 4.86. The molecule has 0 radical (unpaired) electrons. The minimum atomic E-state index is -1.04. The first-order valence-electron chi connectivity index (χ1n) is 11.9. The summed E-state index contributed by atoms with van der Waals surface area (Å²) >= 11 is 0. The first kappa shape index (κ1) is 23.6. The van der Waals surface area contributed by atoms with Crippen molar-refractivity contribution in [3.8, 4) is 11.1 Å². The second-order valence-electron chi connectivity index (χ2n) is 9.15. The van der Waals surface area contributed by atoms with Crippen LogP contribution in [0.1, 0.15) is 22.5 Å². The van der Waals surface area contributed by atoms with Crippen LogP contribution in [0.5, 0.6) is 0 Å². The summed E-state index contributed by atoms with van der Waals surface area (Å²) in [7, 11) is 0. The molecule has 0 saturated carbocycles. The average Bonchev–Trinajstić information content (AvgIpc) is 3.46. The van der Waals surface area contributed by atoms with Crippen LogP contribution >= 0.6 is 0 Å². The number of aromatic nitrogens is 1. The molecule has 8 heteroatoms. The Kier molecular flexibility index (Phi) is 6.69. The van der Waals surface area contributed by atoms with Crippen LogP contribution in [0.25, 0.3) is 22.0 Å². The summed E-state index contributed by atoms with van der Waals surface area (Å²) in [6, 6.07) is 23.7. The minimum absolute atomic E-state index is 0.000429. The van der Waals surface area contributed by atoms with Gasteiger partial charge >= 0.3 is 6.09 Å². The number of hydrogen-bond acceptors (Lipinski definition) is 3. The number of aromatic amines is 1. The molecule has 0 unspecified atom stereocenters. The number of hydrogen-bond donors (Lipinski definition) is 4. The van der Waals surface area contributed by atoms with Crippen molar-refractivity contribution in [2.24, 2.45) is 0 Å². The van der Waals surface area contributed by atoms with Crippen LogP contribution in [-0.2, 0) is 6.54 Å². The molecule has 2 heterocycles. The molecule has 7 nitrogen and oxygen atoms in total. The number of rotatable bonds is 7. The Morgan fingerprint density at radius 1 is 1.00 bits per heavy atom. The molecule has 0 bridgehead atoms. The van der Waals surface area contributed by atoms with Gasteiger partial charge in [-0.2, -0.15) is 0 Å². The van der Waals surface area contributed by atoms with Gasteiger partial charge in [0.05, 0.1) is 0 Å². The van der Waals surface area contributed by atoms with E-state index >= 15 is 0 Å². The van der Waals surface area contributed by atoms with E-state index in [1.807, 2.05) is 54.6 Å². The summed E-state index contributed by atoms with van der Waals surface area (Å²) in [4.78, 5) is 29.5. The number of carboxylic acid groups (broad SMARTS) is 1. The van der Waals surface area contributed by atoms with Crippen LogP contribution in [-0.4, -0.2) is 52.2 Å². The molecule has 3 aromatic carbocycles. The van der Waals surface area contributed by atoms with Gasteiger partial charge in [0.15, 0.2) is 0 Å². The van der Waals surface area contributed by atoms with Crippen molar-refractivity contribution in [3.05, 3.63) is 95.9 Å². The summed E-state index contributed by atoms with van der Waals surface area (Å²) in [6.07, 6.45) is -0.421. The van der Waals surface area contributed by atoms with Crippen molar-refractivity contribution in [2.45, 2.75) is 25.0 Å². The Hall–Kier alpha value is -4.17. The molecule has 2 amide bonds. The van der Waals surface area contributed by atoms with E-state index in [0.717, 1.165) is 27.6 Å². The zero-order chi connectivity index (χ0) is 25.1. The zero-order valence-electron chi connectivity index (χ0n) is 19.6. The Balaban J connectivity index is 1.27. The molecule has 1 saturated heterocycles. The first-order valence-corrected chi connectivity index (χ1v) is 11.9. The van der Waals surface area contributed by atoms with E-state index in [1.165, 1.54) is 12.1 Å². The summed E-state index contributed by atoms with van der Waals surface area (Å²) in [5.41, 5.74) is 4.23. The average molecular weight is 487 g/mol. The van der Waals surface area contributed by atoms with Gasteiger partial charge in [-0.1, -0.05) is 54.6 Å². The lowest BCUT2D eigenvalue weighted by Crippen LogP contribution is -2.40. The lowest BCUT2D eigenvalue weighted by molar-refractivity contribution is 0.0935. The van der Waals surface area contributed by atoms with Gasteiger partial charge in [-0.05, 0) is 47.4 Å². The van der Waals surface area contributed by atoms with Gasteiger partial charge in [0.25, 0.3) is 5.91 Å². The highest BCUT2D eigenvalue weighted by Crippen LogP contribution is 2.25. The Labute approximate surface area is 207 Å². The molecule has 5 rings (SSSR count). The van der Waals surface area contributed by atoms with E-state index in [-0.39, 0.29) is 23.8 Å². The Morgan fingerprint density at radius 3 is 2.50 bits per heavy atom.